The second-order valence-corrected chi connectivity index (χ2v) is 3.71. The maximum Gasteiger partial charge on any atom is 0.167 e. The van der Waals surface area contributed by atoms with Crippen molar-refractivity contribution in [2.75, 3.05) is 13.7 Å². The second kappa shape index (κ2) is 4.99. The number of carbonyl (C=O) groups excluding carboxylic acids is 1. The highest BCUT2D eigenvalue weighted by Gasteiger charge is 2.17. The van der Waals surface area contributed by atoms with Crippen LogP contribution in [0, 0.1) is 13.8 Å². The van der Waals surface area contributed by atoms with Gasteiger partial charge in [0.25, 0.3) is 0 Å². The van der Waals surface area contributed by atoms with Gasteiger partial charge in [0.2, 0.25) is 0 Å². The molecule has 0 heterocycles. The van der Waals surface area contributed by atoms with Crippen LogP contribution in [0.15, 0.2) is 6.07 Å². The molecule has 0 atom stereocenters. The number of phenols is 1. The van der Waals surface area contributed by atoms with Crippen LogP contribution in [0.3, 0.4) is 0 Å². The first-order chi connectivity index (χ1) is 7.52. The van der Waals surface area contributed by atoms with Crippen molar-refractivity contribution in [3.05, 3.63) is 22.8 Å². The summed E-state index contributed by atoms with van der Waals surface area (Å²) in [4.78, 5) is 11.8. The van der Waals surface area contributed by atoms with Crippen LogP contribution in [0.4, 0.5) is 0 Å². The fourth-order valence-corrected chi connectivity index (χ4v) is 1.69. The summed E-state index contributed by atoms with van der Waals surface area (Å²) in [6, 6.07) is 1.64. The minimum absolute atomic E-state index is 0.0643. The molecule has 1 aromatic carbocycles. The van der Waals surface area contributed by atoms with E-state index in [-0.39, 0.29) is 18.0 Å². The van der Waals surface area contributed by atoms with Crippen molar-refractivity contribution >= 4 is 5.78 Å². The van der Waals surface area contributed by atoms with Crippen molar-refractivity contribution < 1.29 is 14.6 Å². The number of aryl methyl sites for hydroxylation is 1. The van der Waals surface area contributed by atoms with Crippen LogP contribution in [0.2, 0.25) is 0 Å². The van der Waals surface area contributed by atoms with Crippen molar-refractivity contribution in [1.29, 1.82) is 0 Å². The van der Waals surface area contributed by atoms with Gasteiger partial charge >= 0.3 is 0 Å². The summed E-state index contributed by atoms with van der Waals surface area (Å²) in [6.07, 6.45) is 0.278. The first-order valence-electron chi connectivity index (χ1n) is 5.13. The van der Waals surface area contributed by atoms with Gasteiger partial charge in [-0.05, 0) is 32.0 Å². The second-order valence-electron chi connectivity index (χ2n) is 3.71. The molecule has 0 fully saturated rings. The first kappa shape index (κ1) is 12.5. The van der Waals surface area contributed by atoms with E-state index < -0.39 is 0 Å². The Bertz CT molecular complexity index is 413. The third kappa shape index (κ3) is 2.17. The molecule has 88 valence electrons. The van der Waals surface area contributed by atoms with Crippen LogP contribution in [-0.4, -0.2) is 24.5 Å². The molecule has 1 rings (SSSR count). The summed E-state index contributed by atoms with van der Waals surface area (Å²) >= 11 is 0. The molecule has 4 nitrogen and oxygen atoms in total. The number of benzene rings is 1. The lowest BCUT2D eigenvalue weighted by molar-refractivity contribution is 0.0982. The molecule has 3 N–H and O–H groups in total. The smallest absolute Gasteiger partial charge is 0.167 e. The first-order valence-corrected chi connectivity index (χ1v) is 5.13. The number of carbonyl (C=O) groups is 1. The molecule has 0 aliphatic rings. The SMILES string of the molecule is COc1c(C(=O)CCN)cc(C)c(O)c1C. The highest BCUT2D eigenvalue weighted by Crippen LogP contribution is 2.34. The third-order valence-electron chi connectivity index (χ3n) is 2.55. The Morgan fingerprint density at radius 3 is 2.62 bits per heavy atom. The number of hydrogen-bond donors (Lipinski definition) is 2. The van der Waals surface area contributed by atoms with E-state index in [0.29, 0.717) is 29.0 Å². The predicted molar refractivity (Wildman–Crippen MR) is 62.1 cm³/mol. The standard InChI is InChI=1S/C12H17NO3/c1-7-6-9(10(14)4-5-13)12(16-3)8(2)11(7)15/h6,15H,4-5,13H2,1-3H3. The molecule has 0 bridgehead atoms. The lowest BCUT2D eigenvalue weighted by Crippen LogP contribution is -2.10. The molecule has 0 aliphatic heterocycles. The number of Topliss-reactive ketones (excluding diaryl/α,β-unsaturated/α-hetero) is 1. The van der Waals surface area contributed by atoms with Gasteiger partial charge in [-0.25, -0.2) is 0 Å². The number of rotatable bonds is 4. The highest BCUT2D eigenvalue weighted by molar-refractivity contribution is 5.99. The van der Waals surface area contributed by atoms with Gasteiger partial charge in [0, 0.05) is 12.0 Å². The van der Waals surface area contributed by atoms with Gasteiger partial charge in [-0.15, -0.1) is 0 Å². The molecule has 4 heteroatoms. The van der Waals surface area contributed by atoms with E-state index in [1.54, 1.807) is 19.9 Å². The Labute approximate surface area is 95.0 Å². The van der Waals surface area contributed by atoms with E-state index in [1.807, 2.05) is 0 Å². The molecule has 0 saturated heterocycles. The van der Waals surface area contributed by atoms with Crippen LogP contribution < -0.4 is 10.5 Å². The Morgan fingerprint density at radius 1 is 1.50 bits per heavy atom. The van der Waals surface area contributed by atoms with Crippen LogP contribution in [-0.2, 0) is 0 Å². The fourth-order valence-electron chi connectivity index (χ4n) is 1.69. The van der Waals surface area contributed by atoms with E-state index in [2.05, 4.69) is 0 Å². The minimum atomic E-state index is -0.0643. The van der Waals surface area contributed by atoms with E-state index >= 15 is 0 Å². The summed E-state index contributed by atoms with van der Waals surface area (Å²) in [5.74, 6) is 0.535. The molecular formula is C12H17NO3. The molecule has 0 spiro atoms. The van der Waals surface area contributed by atoms with Crippen molar-refractivity contribution in [1.82, 2.24) is 0 Å². The number of ketones is 1. The quantitative estimate of drug-likeness (QED) is 0.759. The monoisotopic (exact) mass is 223 g/mol. The summed E-state index contributed by atoms with van der Waals surface area (Å²) in [5, 5.41) is 9.74. The minimum Gasteiger partial charge on any atom is -0.507 e. The van der Waals surface area contributed by atoms with Gasteiger partial charge < -0.3 is 15.6 Å². The number of ether oxygens (including phenoxy) is 1. The van der Waals surface area contributed by atoms with Crippen molar-refractivity contribution in [2.45, 2.75) is 20.3 Å². The van der Waals surface area contributed by atoms with E-state index in [1.165, 1.54) is 7.11 Å². The number of phenolic OH excluding ortho intramolecular Hbond substituents is 1. The van der Waals surface area contributed by atoms with E-state index in [4.69, 9.17) is 10.5 Å². The number of hydrogen-bond acceptors (Lipinski definition) is 4. The predicted octanol–water partition coefficient (Wildman–Crippen LogP) is 1.55. The molecule has 0 aromatic heterocycles. The summed E-state index contributed by atoms with van der Waals surface area (Å²) < 4.78 is 5.16. The molecule has 0 radical (unpaired) electrons. The molecule has 1 aromatic rings. The van der Waals surface area contributed by atoms with E-state index in [9.17, 15) is 9.90 Å². The highest BCUT2D eigenvalue weighted by atomic mass is 16.5. The lowest BCUT2D eigenvalue weighted by atomic mass is 9.99. The molecule has 0 amide bonds. The summed E-state index contributed by atoms with van der Waals surface area (Å²) in [7, 11) is 1.48. The Morgan fingerprint density at radius 2 is 2.12 bits per heavy atom. The zero-order valence-electron chi connectivity index (χ0n) is 9.83. The lowest BCUT2D eigenvalue weighted by Gasteiger charge is -2.13. The third-order valence-corrected chi connectivity index (χ3v) is 2.55. The van der Waals surface area contributed by atoms with Crippen LogP contribution in [0.25, 0.3) is 0 Å². The Hall–Kier alpha value is -1.55. The van der Waals surface area contributed by atoms with Crippen LogP contribution in [0.5, 0.6) is 11.5 Å². The van der Waals surface area contributed by atoms with Gasteiger partial charge in [0.15, 0.2) is 5.78 Å². The number of methoxy groups -OCH3 is 1. The van der Waals surface area contributed by atoms with Gasteiger partial charge in [0.1, 0.15) is 11.5 Å². The largest absolute Gasteiger partial charge is 0.507 e. The summed E-state index contributed by atoms with van der Waals surface area (Å²) in [5.41, 5.74) is 7.09. The average Bonchev–Trinajstić information content (AvgIpc) is 2.26. The van der Waals surface area contributed by atoms with Crippen LogP contribution in [0.1, 0.15) is 27.9 Å². The zero-order valence-corrected chi connectivity index (χ0v) is 9.83. The summed E-state index contributed by atoms with van der Waals surface area (Å²) in [6.45, 7) is 3.78. The average molecular weight is 223 g/mol. The van der Waals surface area contributed by atoms with Gasteiger partial charge in [0.05, 0.1) is 12.7 Å². The van der Waals surface area contributed by atoms with Crippen molar-refractivity contribution in [3.63, 3.8) is 0 Å². The number of nitrogens with two attached hydrogens (primary N) is 1. The van der Waals surface area contributed by atoms with Crippen molar-refractivity contribution in [2.24, 2.45) is 5.73 Å². The maximum atomic E-state index is 11.8. The fraction of sp³-hybridized carbons (Fsp3) is 0.417. The Balaban J connectivity index is 3.33. The molecule has 0 aliphatic carbocycles. The number of aromatic hydroxyl groups is 1. The molecule has 16 heavy (non-hydrogen) atoms. The van der Waals surface area contributed by atoms with Gasteiger partial charge in [-0.3, -0.25) is 4.79 Å². The molecular weight excluding hydrogens is 206 g/mol. The molecule has 0 unspecified atom stereocenters. The van der Waals surface area contributed by atoms with Gasteiger partial charge in [-0.2, -0.15) is 0 Å². The Kier molecular flexibility index (Phi) is 3.90. The zero-order chi connectivity index (χ0) is 12.3. The molecule has 0 saturated carbocycles. The normalized spacial score (nSPS) is 10.2. The topological polar surface area (TPSA) is 72.5 Å². The van der Waals surface area contributed by atoms with Crippen molar-refractivity contribution in [3.8, 4) is 11.5 Å². The van der Waals surface area contributed by atoms with Gasteiger partial charge in [-0.1, -0.05) is 0 Å². The maximum absolute atomic E-state index is 11.8. The van der Waals surface area contributed by atoms with Crippen LogP contribution >= 0.6 is 0 Å². The van der Waals surface area contributed by atoms with E-state index in [0.717, 1.165) is 0 Å².